The summed E-state index contributed by atoms with van der Waals surface area (Å²) in [6.07, 6.45) is 0. The van der Waals surface area contributed by atoms with Crippen molar-refractivity contribution in [1.82, 2.24) is 0 Å². The van der Waals surface area contributed by atoms with Crippen LogP contribution >= 0.6 is 11.6 Å². The van der Waals surface area contributed by atoms with Crippen LogP contribution in [0.15, 0.2) is 48.5 Å². The molecular formula is C14H11ClO2. The summed E-state index contributed by atoms with van der Waals surface area (Å²) in [6, 6.07) is 13.6. The smallest absolute Gasteiger partial charge is 0.193 e. The number of ketones is 1. The molecule has 0 unspecified atom stereocenters. The third kappa shape index (κ3) is 2.48. The van der Waals surface area contributed by atoms with E-state index >= 15 is 0 Å². The molecule has 0 aliphatic heterocycles. The van der Waals surface area contributed by atoms with Gasteiger partial charge in [0.25, 0.3) is 0 Å². The van der Waals surface area contributed by atoms with Gasteiger partial charge in [-0.1, -0.05) is 30.3 Å². The first kappa shape index (κ1) is 11.7. The summed E-state index contributed by atoms with van der Waals surface area (Å²) >= 11 is 5.77. The first-order valence-electron chi connectivity index (χ1n) is 5.20. The van der Waals surface area contributed by atoms with Crippen molar-refractivity contribution in [2.75, 3.05) is 0 Å². The van der Waals surface area contributed by atoms with Crippen molar-refractivity contribution in [3.63, 3.8) is 0 Å². The van der Waals surface area contributed by atoms with Gasteiger partial charge in [0.1, 0.15) is 5.75 Å². The van der Waals surface area contributed by atoms with Crippen molar-refractivity contribution in [3.8, 4) is 5.75 Å². The van der Waals surface area contributed by atoms with E-state index in [2.05, 4.69) is 0 Å². The fraction of sp³-hybridized carbons (Fsp3) is 0.0714. The van der Waals surface area contributed by atoms with Gasteiger partial charge < -0.3 is 5.11 Å². The van der Waals surface area contributed by atoms with Crippen molar-refractivity contribution in [1.29, 1.82) is 0 Å². The maximum absolute atomic E-state index is 12.2. The molecule has 0 fully saturated rings. The molecule has 0 radical (unpaired) electrons. The number of aromatic hydroxyl groups is 1. The molecule has 1 N–H and O–H groups in total. The van der Waals surface area contributed by atoms with E-state index < -0.39 is 0 Å². The highest BCUT2D eigenvalue weighted by Gasteiger charge is 2.13. The topological polar surface area (TPSA) is 37.3 Å². The van der Waals surface area contributed by atoms with Gasteiger partial charge >= 0.3 is 0 Å². The van der Waals surface area contributed by atoms with E-state index in [0.717, 1.165) is 0 Å². The second-order valence-electron chi connectivity index (χ2n) is 3.67. The number of halogens is 1. The maximum atomic E-state index is 12.2. The van der Waals surface area contributed by atoms with Gasteiger partial charge in [0.2, 0.25) is 0 Å². The molecule has 0 spiro atoms. The van der Waals surface area contributed by atoms with E-state index in [4.69, 9.17) is 11.6 Å². The van der Waals surface area contributed by atoms with Gasteiger partial charge in [0.05, 0.1) is 0 Å². The van der Waals surface area contributed by atoms with E-state index in [9.17, 15) is 9.90 Å². The Labute approximate surface area is 104 Å². The lowest BCUT2D eigenvalue weighted by atomic mass is 9.99. The zero-order chi connectivity index (χ0) is 12.3. The number of carbonyl (C=O) groups excluding carboxylic acids is 1. The summed E-state index contributed by atoms with van der Waals surface area (Å²) in [5.41, 5.74) is 1.79. The van der Waals surface area contributed by atoms with Crippen LogP contribution in [0.2, 0.25) is 0 Å². The van der Waals surface area contributed by atoms with Crippen molar-refractivity contribution in [2.24, 2.45) is 0 Å². The number of phenolic OH excluding ortho intramolecular Hbond substituents is 1. The SMILES string of the molecule is O=C(c1ccccc1)c1ccc(O)cc1CCl. The van der Waals surface area contributed by atoms with Gasteiger partial charge in [0, 0.05) is 17.0 Å². The van der Waals surface area contributed by atoms with Crippen molar-refractivity contribution in [2.45, 2.75) is 5.88 Å². The van der Waals surface area contributed by atoms with Gasteiger partial charge in [-0.2, -0.15) is 0 Å². The van der Waals surface area contributed by atoms with Crippen LogP contribution in [-0.4, -0.2) is 10.9 Å². The molecule has 2 nitrogen and oxygen atoms in total. The van der Waals surface area contributed by atoms with Crippen LogP contribution in [0.25, 0.3) is 0 Å². The predicted molar refractivity (Wildman–Crippen MR) is 67.5 cm³/mol. The fourth-order valence-corrected chi connectivity index (χ4v) is 1.88. The summed E-state index contributed by atoms with van der Waals surface area (Å²) in [6.45, 7) is 0. The molecule has 2 aromatic rings. The molecule has 0 bridgehead atoms. The van der Waals surface area contributed by atoms with Gasteiger partial charge in [-0.25, -0.2) is 0 Å². The largest absolute Gasteiger partial charge is 0.508 e. The molecule has 0 saturated carbocycles. The number of phenols is 1. The summed E-state index contributed by atoms with van der Waals surface area (Å²) in [5.74, 6) is 0.231. The van der Waals surface area contributed by atoms with E-state index in [1.165, 1.54) is 12.1 Å². The maximum Gasteiger partial charge on any atom is 0.193 e. The molecule has 0 amide bonds. The standard InChI is InChI=1S/C14H11ClO2/c15-9-11-8-12(16)6-7-13(11)14(17)10-4-2-1-3-5-10/h1-8,16H,9H2. The fourth-order valence-electron chi connectivity index (χ4n) is 1.66. The van der Waals surface area contributed by atoms with Crippen LogP contribution in [0.4, 0.5) is 0 Å². The third-order valence-corrected chi connectivity index (χ3v) is 2.80. The Morgan fingerprint density at radius 2 is 1.82 bits per heavy atom. The molecule has 0 aliphatic carbocycles. The van der Waals surface area contributed by atoms with Crippen LogP contribution in [0.1, 0.15) is 21.5 Å². The highest BCUT2D eigenvalue weighted by molar-refractivity contribution is 6.18. The Morgan fingerprint density at radius 1 is 1.12 bits per heavy atom. The quantitative estimate of drug-likeness (QED) is 0.666. The Bertz CT molecular complexity index is 535. The Morgan fingerprint density at radius 3 is 2.47 bits per heavy atom. The molecule has 0 saturated heterocycles. The molecule has 2 rings (SSSR count). The third-order valence-electron chi connectivity index (χ3n) is 2.51. The molecule has 0 aliphatic rings. The lowest BCUT2D eigenvalue weighted by Crippen LogP contribution is -2.04. The van der Waals surface area contributed by atoms with E-state index in [1.54, 1.807) is 18.2 Å². The zero-order valence-electron chi connectivity index (χ0n) is 9.06. The number of hydrogen-bond acceptors (Lipinski definition) is 2. The second kappa shape index (κ2) is 5.02. The van der Waals surface area contributed by atoms with Gasteiger partial charge in [-0.15, -0.1) is 11.6 Å². The van der Waals surface area contributed by atoms with Crippen LogP contribution in [0, 0.1) is 0 Å². The molecule has 3 heteroatoms. The average molecular weight is 247 g/mol. The zero-order valence-corrected chi connectivity index (χ0v) is 9.82. The van der Waals surface area contributed by atoms with Crippen LogP contribution in [-0.2, 0) is 5.88 Å². The Hall–Kier alpha value is -1.80. The minimum Gasteiger partial charge on any atom is -0.508 e. The van der Waals surface area contributed by atoms with Crippen molar-refractivity contribution < 1.29 is 9.90 Å². The number of rotatable bonds is 3. The molecule has 0 aromatic heterocycles. The first-order chi connectivity index (χ1) is 8.22. The van der Waals surface area contributed by atoms with E-state index in [0.29, 0.717) is 16.7 Å². The predicted octanol–water partition coefficient (Wildman–Crippen LogP) is 3.36. The Balaban J connectivity index is 2.44. The van der Waals surface area contributed by atoms with Gasteiger partial charge in [0.15, 0.2) is 5.78 Å². The number of benzene rings is 2. The highest BCUT2D eigenvalue weighted by Crippen LogP contribution is 2.21. The minimum atomic E-state index is -0.0822. The number of carbonyl (C=O) groups is 1. The summed E-state index contributed by atoms with van der Waals surface area (Å²) in [7, 11) is 0. The highest BCUT2D eigenvalue weighted by atomic mass is 35.5. The summed E-state index contributed by atoms with van der Waals surface area (Å²) in [5, 5.41) is 9.35. The van der Waals surface area contributed by atoms with E-state index in [1.807, 2.05) is 18.2 Å². The van der Waals surface area contributed by atoms with Crippen molar-refractivity contribution >= 4 is 17.4 Å². The lowest BCUT2D eigenvalue weighted by molar-refractivity contribution is 0.103. The normalized spacial score (nSPS) is 10.2. The van der Waals surface area contributed by atoms with Crippen LogP contribution < -0.4 is 0 Å². The first-order valence-corrected chi connectivity index (χ1v) is 5.73. The Kier molecular flexibility index (Phi) is 3.45. The molecule has 0 atom stereocenters. The second-order valence-corrected chi connectivity index (χ2v) is 3.94. The lowest BCUT2D eigenvalue weighted by Gasteiger charge is -2.06. The average Bonchev–Trinajstić information content (AvgIpc) is 2.39. The van der Waals surface area contributed by atoms with Crippen LogP contribution in [0.5, 0.6) is 5.75 Å². The molecular weight excluding hydrogens is 236 g/mol. The molecule has 0 heterocycles. The van der Waals surface area contributed by atoms with E-state index in [-0.39, 0.29) is 17.4 Å². The van der Waals surface area contributed by atoms with Crippen molar-refractivity contribution in [3.05, 3.63) is 65.2 Å². The number of hydrogen-bond donors (Lipinski definition) is 1. The number of alkyl halides is 1. The summed E-state index contributed by atoms with van der Waals surface area (Å²) < 4.78 is 0. The van der Waals surface area contributed by atoms with Crippen LogP contribution in [0.3, 0.4) is 0 Å². The van der Waals surface area contributed by atoms with Gasteiger partial charge in [-0.3, -0.25) is 4.79 Å². The van der Waals surface area contributed by atoms with Gasteiger partial charge in [-0.05, 0) is 23.8 Å². The molecule has 17 heavy (non-hydrogen) atoms. The minimum absolute atomic E-state index is 0.0822. The monoisotopic (exact) mass is 246 g/mol. The summed E-state index contributed by atoms with van der Waals surface area (Å²) in [4.78, 5) is 12.2. The molecule has 86 valence electrons. The molecule has 2 aromatic carbocycles.